The highest BCUT2D eigenvalue weighted by Gasteiger charge is 2.81. The molecule has 6 atom stereocenters. The van der Waals surface area contributed by atoms with Gasteiger partial charge in [-0.2, -0.15) is 0 Å². The van der Waals surface area contributed by atoms with Crippen molar-refractivity contribution in [3.63, 3.8) is 0 Å². The van der Waals surface area contributed by atoms with Crippen molar-refractivity contribution in [1.29, 1.82) is 0 Å². The second-order valence-corrected chi connectivity index (χ2v) is 8.29. The summed E-state index contributed by atoms with van der Waals surface area (Å²) in [7, 11) is 0. The summed E-state index contributed by atoms with van der Waals surface area (Å²) in [5.74, 6) is -0.588. The van der Waals surface area contributed by atoms with Gasteiger partial charge in [-0.05, 0) is 26.2 Å². The van der Waals surface area contributed by atoms with Gasteiger partial charge in [-0.15, -0.1) is 0 Å². The molecule has 138 valence electrons. The first-order valence-electron chi connectivity index (χ1n) is 9.01. The van der Waals surface area contributed by atoms with E-state index in [9.17, 15) is 9.59 Å². The van der Waals surface area contributed by atoms with Crippen molar-refractivity contribution in [3.05, 3.63) is 11.6 Å². The van der Waals surface area contributed by atoms with Crippen molar-refractivity contribution < 1.29 is 28.5 Å². The molecule has 4 rings (SSSR count). The quantitative estimate of drug-likeness (QED) is 0.441. The van der Waals surface area contributed by atoms with E-state index in [4.69, 9.17) is 18.9 Å². The van der Waals surface area contributed by atoms with E-state index in [1.807, 2.05) is 0 Å². The summed E-state index contributed by atoms with van der Waals surface area (Å²) >= 11 is 0. The van der Waals surface area contributed by atoms with Gasteiger partial charge in [-0.3, -0.25) is 9.59 Å². The average molecular weight is 350 g/mol. The van der Waals surface area contributed by atoms with Gasteiger partial charge in [0, 0.05) is 24.7 Å². The maximum Gasteiger partial charge on any atom is 0.302 e. The lowest BCUT2D eigenvalue weighted by atomic mass is 9.52. The van der Waals surface area contributed by atoms with Crippen molar-refractivity contribution in [2.45, 2.75) is 70.9 Å². The van der Waals surface area contributed by atoms with Gasteiger partial charge in [-0.1, -0.05) is 18.6 Å². The largest absolute Gasteiger partial charge is 0.465 e. The van der Waals surface area contributed by atoms with E-state index in [1.54, 1.807) is 0 Å². The number of hydrogen-bond donors (Lipinski definition) is 0. The van der Waals surface area contributed by atoms with Gasteiger partial charge in [0.15, 0.2) is 0 Å². The molecule has 3 fully saturated rings. The zero-order chi connectivity index (χ0) is 18.0. The number of allylic oxidation sites excluding steroid dienone is 1. The minimum atomic E-state index is -0.442. The van der Waals surface area contributed by atoms with E-state index < -0.39 is 5.60 Å². The van der Waals surface area contributed by atoms with Gasteiger partial charge >= 0.3 is 11.9 Å². The Morgan fingerprint density at radius 1 is 1.32 bits per heavy atom. The summed E-state index contributed by atoms with van der Waals surface area (Å²) in [5, 5.41) is 0. The molecule has 2 saturated heterocycles. The summed E-state index contributed by atoms with van der Waals surface area (Å²) in [5.41, 5.74) is 0.201. The van der Waals surface area contributed by atoms with Crippen LogP contribution in [0.4, 0.5) is 0 Å². The number of carbonyl (C=O) groups is 2. The number of carbonyl (C=O) groups excluding carboxylic acids is 2. The number of fused-ring (bicyclic) bond motifs is 2. The van der Waals surface area contributed by atoms with E-state index in [2.05, 4.69) is 19.9 Å². The van der Waals surface area contributed by atoms with Crippen LogP contribution < -0.4 is 0 Å². The van der Waals surface area contributed by atoms with E-state index in [0.29, 0.717) is 19.6 Å². The molecular weight excluding hydrogens is 324 g/mol. The SMILES string of the molecule is CC(=O)OC[C@@]12CCC(C)=C[C@@H]1O[C@H]1[C@H](OC(C)=O)C[C@]2(C)C12CO2. The first kappa shape index (κ1) is 17.0. The predicted octanol–water partition coefficient (Wildman–Crippen LogP) is 2.15. The van der Waals surface area contributed by atoms with E-state index in [1.165, 1.54) is 19.4 Å². The molecule has 0 aromatic heterocycles. The fourth-order valence-electron chi connectivity index (χ4n) is 5.52. The molecule has 2 aliphatic heterocycles. The topological polar surface area (TPSA) is 74.4 Å². The maximum absolute atomic E-state index is 11.6. The summed E-state index contributed by atoms with van der Waals surface area (Å²) in [6, 6.07) is 0. The molecule has 2 bridgehead atoms. The van der Waals surface area contributed by atoms with Crippen molar-refractivity contribution in [2.24, 2.45) is 10.8 Å². The first-order valence-corrected chi connectivity index (χ1v) is 9.01. The first-order chi connectivity index (χ1) is 11.7. The highest BCUT2D eigenvalue weighted by molar-refractivity contribution is 5.66. The van der Waals surface area contributed by atoms with Crippen molar-refractivity contribution in [2.75, 3.05) is 13.2 Å². The number of ether oxygens (including phenoxy) is 4. The molecule has 0 aromatic carbocycles. The van der Waals surface area contributed by atoms with Crippen LogP contribution in [0.25, 0.3) is 0 Å². The Bertz CT molecular complexity index is 650. The molecule has 2 heterocycles. The van der Waals surface area contributed by atoms with E-state index in [-0.39, 0.29) is 41.1 Å². The fourth-order valence-corrected chi connectivity index (χ4v) is 5.52. The molecule has 0 amide bonds. The second-order valence-electron chi connectivity index (χ2n) is 8.29. The Balaban J connectivity index is 1.77. The van der Waals surface area contributed by atoms with E-state index >= 15 is 0 Å². The third-order valence-corrected chi connectivity index (χ3v) is 6.98. The summed E-state index contributed by atoms with van der Waals surface area (Å²) in [6.07, 6.45) is 3.89. The van der Waals surface area contributed by atoms with Crippen molar-refractivity contribution in [1.82, 2.24) is 0 Å². The number of epoxide rings is 1. The molecule has 1 saturated carbocycles. The molecule has 1 spiro atoms. The van der Waals surface area contributed by atoms with Gasteiger partial charge in [-0.25, -0.2) is 0 Å². The monoisotopic (exact) mass is 350 g/mol. The van der Waals surface area contributed by atoms with Gasteiger partial charge in [0.2, 0.25) is 0 Å². The van der Waals surface area contributed by atoms with Gasteiger partial charge in [0.25, 0.3) is 0 Å². The highest BCUT2D eigenvalue weighted by Crippen LogP contribution is 2.71. The Hall–Kier alpha value is -1.40. The minimum Gasteiger partial charge on any atom is -0.465 e. The molecule has 0 N–H and O–H groups in total. The minimum absolute atomic E-state index is 0.161. The molecule has 0 aromatic rings. The maximum atomic E-state index is 11.6. The van der Waals surface area contributed by atoms with Crippen molar-refractivity contribution in [3.8, 4) is 0 Å². The smallest absolute Gasteiger partial charge is 0.302 e. The number of rotatable bonds is 3. The third kappa shape index (κ3) is 2.16. The van der Waals surface area contributed by atoms with Crippen molar-refractivity contribution >= 4 is 11.9 Å². The summed E-state index contributed by atoms with van der Waals surface area (Å²) in [4.78, 5) is 23.1. The van der Waals surface area contributed by atoms with Crippen LogP contribution in [-0.4, -0.2) is 49.1 Å². The van der Waals surface area contributed by atoms with E-state index in [0.717, 1.165) is 12.8 Å². The van der Waals surface area contributed by atoms with Crippen LogP contribution in [0.5, 0.6) is 0 Å². The van der Waals surface area contributed by atoms with Crippen LogP contribution in [0.3, 0.4) is 0 Å². The van der Waals surface area contributed by atoms with Crippen LogP contribution in [0.2, 0.25) is 0 Å². The summed E-state index contributed by atoms with van der Waals surface area (Å²) in [6.45, 7) is 8.07. The average Bonchev–Trinajstić information content (AvgIpc) is 3.28. The third-order valence-electron chi connectivity index (χ3n) is 6.98. The summed E-state index contributed by atoms with van der Waals surface area (Å²) < 4.78 is 23.6. The van der Waals surface area contributed by atoms with Crippen LogP contribution in [0, 0.1) is 10.8 Å². The standard InChI is InChI=1S/C19H26O6/c1-11-5-6-18(9-22-12(2)20)15(7-11)25-16-14(24-13(3)21)8-17(18,4)19(16)10-23-19/h7,14-16H,5-6,8-10H2,1-4H3/t14-,15+,16+,17+,18+,19?/m1/s1. The molecule has 1 unspecified atom stereocenters. The van der Waals surface area contributed by atoms with Gasteiger partial charge < -0.3 is 18.9 Å². The molecular formula is C19H26O6. The molecule has 6 nitrogen and oxygen atoms in total. The van der Waals surface area contributed by atoms with Gasteiger partial charge in [0.05, 0.1) is 12.7 Å². The zero-order valence-corrected chi connectivity index (χ0v) is 15.3. The number of hydrogen-bond acceptors (Lipinski definition) is 6. The Morgan fingerprint density at radius 2 is 2.04 bits per heavy atom. The molecule has 6 heteroatoms. The molecule has 2 aliphatic carbocycles. The lowest BCUT2D eigenvalue weighted by molar-refractivity contribution is -0.223. The highest BCUT2D eigenvalue weighted by atomic mass is 16.7. The predicted molar refractivity (Wildman–Crippen MR) is 87.7 cm³/mol. The molecule has 25 heavy (non-hydrogen) atoms. The second kappa shape index (κ2) is 5.30. The lowest BCUT2D eigenvalue weighted by Crippen LogP contribution is -2.64. The lowest BCUT2D eigenvalue weighted by Gasteiger charge is -2.57. The van der Waals surface area contributed by atoms with Crippen LogP contribution in [0.1, 0.15) is 47.0 Å². The molecule has 4 aliphatic rings. The fraction of sp³-hybridized carbons (Fsp3) is 0.789. The Kier molecular flexibility index (Phi) is 3.61. The van der Waals surface area contributed by atoms with Crippen LogP contribution >= 0.6 is 0 Å². The number of esters is 2. The Labute approximate surface area is 147 Å². The van der Waals surface area contributed by atoms with Crippen LogP contribution in [0.15, 0.2) is 11.6 Å². The van der Waals surface area contributed by atoms with Gasteiger partial charge in [0.1, 0.15) is 24.4 Å². The molecule has 0 radical (unpaired) electrons. The van der Waals surface area contributed by atoms with Crippen LogP contribution in [-0.2, 0) is 28.5 Å². The zero-order valence-electron chi connectivity index (χ0n) is 15.3. The normalized spacial score (nSPS) is 47.0. The Morgan fingerprint density at radius 3 is 2.64 bits per heavy atom.